The van der Waals surface area contributed by atoms with E-state index in [1.807, 2.05) is 0 Å². The molecule has 0 spiro atoms. The maximum Gasteiger partial charge on any atom is 0.0621 e. The van der Waals surface area contributed by atoms with Crippen LogP contribution in [0.5, 0.6) is 0 Å². The van der Waals surface area contributed by atoms with Gasteiger partial charge in [-0.05, 0) is 49.3 Å². The lowest BCUT2D eigenvalue weighted by atomic mass is 9.98. The summed E-state index contributed by atoms with van der Waals surface area (Å²) in [5.74, 6) is 0. The topological polar surface area (TPSA) is 47.6 Å². The minimum Gasteiger partial charge on any atom is -0.198 e. The SMILES string of the molecule is Cc1ccc(CCCC#N)cc1CCCC#N. The summed E-state index contributed by atoms with van der Waals surface area (Å²) in [5, 5.41) is 17.0. The van der Waals surface area contributed by atoms with Crippen molar-refractivity contribution in [2.45, 2.75) is 45.4 Å². The molecule has 0 bridgehead atoms. The Morgan fingerprint density at radius 1 is 1.00 bits per heavy atom. The lowest BCUT2D eigenvalue weighted by Crippen LogP contribution is -1.93. The first-order valence-electron chi connectivity index (χ1n) is 6.10. The Balaban J connectivity index is 2.60. The second-order valence-electron chi connectivity index (χ2n) is 4.28. The van der Waals surface area contributed by atoms with Crippen molar-refractivity contribution in [3.05, 3.63) is 34.9 Å². The van der Waals surface area contributed by atoms with Crippen molar-refractivity contribution in [3.63, 3.8) is 0 Å². The van der Waals surface area contributed by atoms with E-state index in [1.54, 1.807) is 0 Å². The third-order valence-corrected chi connectivity index (χ3v) is 2.90. The van der Waals surface area contributed by atoms with Gasteiger partial charge in [0.05, 0.1) is 12.1 Å². The Bertz CT molecular complexity index is 435. The highest BCUT2D eigenvalue weighted by molar-refractivity contribution is 5.31. The maximum absolute atomic E-state index is 8.53. The van der Waals surface area contributed by atoms with Crippen LogP contribution in [0.3, 0.4) is 0 Å². The van der Waals surface area contributed by atoms with E-state index in [0.29, 0.717) is 12.8 Å². The summed E-state index contributed by atoms with van der Waals surface area (Å²) in [7, 11) is 0. The van der Waals surface area contributed by atoms with Gasteiger partial charge in [-0.25, -0.2) is 0 Å². The zero-order valence-corrected chi connectivity index (χ0v) is 10.4. The second-order valence-corrected chi connectivity index (χ2v) is 4.28. The van der Waals surface area contributed by atoms with Crippen LogP contribution in [0.25, 0.3) is 0 Å². The summed E-state index contributed by atoms with van der Waals surface area (Å²) in [5.41, 5.74) is 3.94. The molecule has 0 atom stereocenters. The lowest BCUT2D eigenvalue weighted by molar-refractivity contribution is 0.827. The summed E-state index contributed by atoms with van der Waals surface area (Å²) in [6.45, 7) is 2.11. The molecule has 17 heavy (non-hydrogen) atoms. The Labute approximate surface area is 104 Å². The zero-order chi connectivity index (χ0) is 12.5. The second kappa shape index (κ2) is 7.47. The van der Waals surface area contributed by atoms with Gasteiger partial charge in [0.2, 0.25) is 0 Å². The first-order valence-corrected chi connectivity index (χ1v) is 6.10. The molecule has 0 N–H and O–H groups in total. The van der Waals surface area contributed by atoms with Crippen LogP contribution in [-0.2, 0) is 12.8 Å². The molecule has 88 valence electrons. The number of unbranched alkanes of at least 4 members (excludes halogenated alkanes) is 2. The molecule has 1 rings (SSSR count). The molecule has 0 fully saturated rings. The molecule has 0 saturated heterocycles. The minimum atomic E-state index is 0.623. The summed E-state index contributed by atoms with van der Waals surface area (Å²) in [4.78, 5) is 0. The Kier molecular flexibility index (Phi) is 5.83. The monoisotopic (exact) mass is 226 g/mol. The predicted molar refractivity (Wildman–Crippen MR) is 68.3 cm³/mol. The van der Waals surface area contributed by atoms with Crippen molar-refractivity contribution >= 4 is 0 Å². The number of nitriles is 2. The number of aryl methyl sites for hydroxylation is 3. The third-order valence-electron chi connectivity index (χ3n) is 2.90. The van der Waals surface area contributed by atoms with E-state index in [4.69, 9.17) is 10.5 Å². The van der Waals surface area contributed by atoms with Crippen LogP contribution in [0.4, 0.5) is 0 Å². The number of benzene rings is 1. The molecule has 0 saturated carbocycles. The molecule has 2 nitrogen and oxygen atoms in total. The summed E-state index contributed by atoms with van der Waals surface area (Å²) >= 11 is 0. The largest absolute Gasteiger partial charge is 0.198 e. The Hall–Kier alpha value is -1.80. The molecular weight excluding hydrogens is 208 g/mol. The highest BCUT2D eigenvalue weighted by Gasteiger charge is 2.01. The smallest absolute Gasteiger partial charge is 0.0621 e. The lowest BCUT2D eigenvalue weighted by Gasteiger charge is -2.07. The predicted octanol–water partition coefficient (Wildman–Crippen LogP) is 3.69. The highest BCUT2D eigenvalue weighted by atomic mass is 14.2. The van der Waals surface area contributed by atoms with Crippen molar-refractivity contribution in [2.75, 3.05) is 0 Å². The van der Waals surface area contributed by atoms with Crippen molar-refractivity contribution in [1.82, 2.24) is 0 Å². The fourth-order valence-electron chi connectivity index (χ4n) is 1.88. The van der Waals surface area contributed by atoms with Gasteiger partial charge in [-0.2, -0.15) is 10.5 Å². The van der Waals surface area contributed by atoms with Gasteiger partial charge in [0, 0.05) is 12.8 Å². The average Bonchev–Trinajstić information content (AvgIpc) is 2.33. The van der Waals surface area contributed by atoms with Gasteiger partial charge in [-0.3, -0.25) is 0 Å². The summed E-state index contributed by atoms with van der Waals surface area (Å²) in [6.07, 6.45) is 5.05. The molecule has 0 aliphatic rings. The van der Waals surface area contributed by atoms with Crippen molar-refractivity contribution in [3.8, 4) is 12.1 Å². The van der Waals surface area contributed by atoms with Gasteiger partial charge in [-0.1, -0.05) is 18.2 Å². The summed E-state index contributed by atoms with van der Waals surface area (Å²) in [6, 6.07) is 10.9. The van der Waals surface area contributed by atoms with E-state index in [0.717, 1.165) is 25.7 Å². The Morgan fingerprint density at radius 3 is 2.29 bits per heavy atom. The molecule has 0 heterocycles. The van der Waals surface area contributed by atoms with E-state index in [2.05, 4.69) is 37.3 Å². The van der Waals surface area contributed by atoms with Crippen LogP contribution in [0.15, 0.2) is 18.2 Å². The van der Waals surface area contributed by atoms with Crippen LogP contribution in [-0.4, -0.2) is 0 Å². The minimum absolute atomic E-state index is 0.623. The highest BCUT2D eigenvalue weighted by Crippen LogP contribution is 2.15. The van der Waals surface area contributed by atoms with E-state index >= 15 is 0 Å². The fourth-order valence-corrected chi connectivity index (χ4v) is 1.88. The zero-order valence-electron chi connectivity index (χ0n) is 10.4. The number of hydrogen-bond donors (Lipinski definition) is 0. The number of nitrogens with zero attached hydrogens (tertiary/aromatic N) is 2. The standard InChI is InChI=1S/C15H18N2/c1-13-8-9-14(6-2-4-10-16)12-15(13)7-3-5-11-17/h8-9,12H,2-7H2,1H3. The Morgan fingerprint density at radius 2 is 1.65 bits per heavy atom. The summed E-state index contributed by atoms with van der Waals surface area (Å²) < 4.78 is 0. The molecule has 0 aliphatic heterocycles. The molecule has 0 amide bonds. The number of hydrogen-bond acceptors (Lipinski definition) is 2. The van der Waals surface area contributed by atoms with Gasteiger partial charge in [-0.15, -0.1) is 0 Å². The molecule has 1 aromatic rings. The van der Waals surface area contributed by atoms with E-state index in [-0.39, 0.29) is 0 Å². The normalized spacial score (nSPS) is 9.59. The van der Waals surface area contributed by atoms with Crippen molar-refractivity contribution in [1.29, 1.82) is 10.5 Å². The van der Waals surface area contributed by atoms with Gasteiger partial charge >= 0.3 is 0 Å². The van der Waals surface area contributed by atoms with Crippen molar-refractivity contribution in [2.24, 2.45) is 0 Å². The first kappa shape index (κ1) is 13.3. The molecule has 1 aromatic carbocycles. The van der Waals surface area contributed by atoms with Crippen LogP contribution in [0.2, 0.25) is 0 Å². The molecular formula is C15H18N2. The fraction of sp³-hybridized carbons (Fsp3) is 0.467. The molecule has 2 heteroatoms. The van der Waals surface area contributed by atoms with E-state index < -0.39 is 0 Å². The maximum atomic E-state index is 8.53. The molecule has 0 radical (unpaired) electrons. The van der Waals surface area contributed by atoms with Crippen LogP contribution in [0.1, 0.15) is 42.4 Å². The van der Waals surface area contributed by atoms with Crippen LogP contribution >= 0.6 is 0 Å². The van der Waals surface area contributed by atoms with Crippen molar-refractivity contribution < 1.29 is 0 Å². The molecule has 0 unspecified atom stereocenters. The van der Waals surface area contributed by atoms with Gasteiger partial charge < -0.3 is 0 Å². The number of rotatable bonds is 6. The van der Waals surface area contributed by atoms with E-state index in [1.165, 1.54) is 16.7 Å². The van der Waals surface area contributed by atoms with Gasteiger partial charge in [0.25, 0.3) is 0 Å². The average molecular weight is 226 g/mol. The van der Waals surface area contributed by atoms with Crippen LogP contribution in [0, 0.1) is 29.6 Å². The molecule has 0 aliphatic carbocycles. The third kappa shape index (κ3) is 4.70. The molecule has 0 aromatic heterocycles. The van der Waals surface area contributed by atoms with Crippen LogP contribution < -0.4 is 0 Å². The van der Waals surface area contributed by atoms with Gasteiger partial charge in [0.15, 0.2) is 0 Å². The van der Waals surface area contributed by atoms with Gasteiger partial charge in [0.1, 0.15) is 0 Å². The van der Waals surface area contributed by atoms with E-state index in [9.17, 15) is 0 Å². The quantitative estimate of drug-likeness (QED) is 0.694. The first-order chi connectivity index (χ1) is 8.27.